The summed E-state index contributed by atoms with van der Waals surface area (Å²) in [6.45, 7) is 6.03. The predicted molar refractivity (Wildman–Crippen MR) is 74.0 cm³/mol. The van der Waals surface area contributed by atoms with E-state index in [1.807, 2.05) is 45.0 Å². The van der Waals surface area contributed by atoms with E-state index in [1.54, 1.807) is 11.9 Å². The first-order chi connectivity index (χ1) is 7.41. The number of carbonyl (C=O) groups excluding carboxylic acids is 1. The van der Waals surface area contributed by atoms with E-state index >= 15 is 0 Å². The van der Waals surface area contributed by atoms with Crippen LogP contribution in [0.5, 0.6) is 5.75 Å². The number of benzene rings is 1. The quantitative estimate of drug-likeness (QED) is 0.737. The highest BCUT2D eigenvalue weighted by molar-refractivity contribution is 8.93. The van der Waals surface area contributed by atoms with E-state index in [0.29, 0.717) is 0 Å². The molecule has 1 aliphatic heterocycles. The van der Waals surface area contributed by atoms with Crippen molar-refractivity contribution in [1.82, 2.24) is 0 Å². The van der Waals surface area contributed by atoms with E-state index in [0.717, 1.165) is 11.4 Å². The van der Waals surface area contributed by atoms with Crippen molar-refractivity contribution in [3.8, 4) is 5.75 Å². The lowest BCUT2D eigenvalue weighted by molar-refractivity contribution is -0.130. The molecule has 0 fully saturated rings. The molecule has 2 rings (SSSR count). The Morgan fingerprint density at radius 1 is 1.24 bits per heavy atom. The van der Waals surface area contributed by atoms with Crippen molar-refractivity contribution in [2.45, 2.75) is 26.9 Å². The molecule has 3 nitrogen and oxygen atoms in total. The number of halogens is 1. The number of fused-ring (bicyclic) bond motifs is 1. The third-order valence-corrected chi connectivity index (χ3v) is 2.81. The van der Waals surface area contributed by atoms with E-state index in [4.69, 9.17) is 4.74 Å². The van der Waals surface area contributed by atoms with Gasteiger partial charge in [0.15, 0.2) is 6.10 Å². The molecule has 0 spiro atoms. The van der Waals surface area contributed by atoms with Gasteiger partial charge in [0.05, 0.1) is 5.69 Å². The van der Waals surface area contributed by atoms with Gasteiger partial charge in [0.25, 0.3) is 5.91 Å². The molecule has 94 valence electrons. The van der Waals surface area contributed by atoms with Crippen LogP contribution in [0, 0.1) is 5.41 Å². The summed E-state index contributed by atoms with van der Waals surface area (Å²) in [6.07, 6.45) is -0.410. The molecule has 0 aliphatic carbocycles. The van der Waals surface area contributed by atoms with Gasteiger partial charge in [0, 0.05) is 12.5 Å². The van der Waals surface area contributed by atoms with Gasteiger partial charge in [0.2, 0.25) is 0 Å². The first-order valence-electron chi connectivity index (χ1n) is 5.44. The molecule has 1 atom stereocenters. The van der Waals surface area contributed by atoms with Crippen molar-refractivity contribution >= 4 is 28.6 Å². The molecule has 0 radical (unpaired) electrons. The molecule has 17 heavy (non-hydrogen) atoms. The fourth-order valence-corrected chi connectivity index (χ4v) is 1.85. The molecule has 0 saturated heterocycles. The van der Waals surface area contributed by atoms with Gasteiger partial charge in [-0.15, -0.1) is 17.0 Å². The van der Waals surface area contributed by atoms with E-state index in [2.05, 4.69) is 0 Å². The SMILES string of the molecule is Br.CN1C(=O)C(C(C)(C)C)Oc2ccccc21. The summed E-state index contributed by atoms with van der Waals surface area (Å²) in [5.74, 6) is 0.802. The van der Waals surface area contributed by atoms with Crippen LogP contribution >= 0.6 is 17.0 Å². The second-order valence-corrected chi connectivity index (χ2v) is 5.23. The largest absolute Gasteiger partial charge is 0.478 e. The van der Waals surface area contributed by atoms with Crippen molar-refractivity contribution in [1.29, 1.82) is 0 Å². The van der Waals surface area contributed by atoms with Crippen LogP contribution in [0.1, 0.15) is 20.8 Å². The average molecular weight is 300 g/mol. The molecule has 0 saturated carbocycles. The van der Waals surface area contributed by atoms with Gasteiger partial charge in [0.1, 0.15) is 5.75 Å². The number of carbonyl (C=O) groups is 1. The minimum Gasteiger partial charge on any atom is -0.478 e. The molecule has 1 aliphatic rings. The topological polar surface area (TPSA) is 29.5 Å². The maximum absolute atomic E-state index is 12.1. The molecule has 0 aromatic heterocycles. The first-order valence-corrected chi connectivity index (χ1v) is 5.44. The predicted octanol–water partition coefficient (Wildman–Crippen LogP) is 3.03. The van der Waals surface area contributed by atoms with E-state index < -0.39 is 6.10 Å². The Hall–Kier alpha value is -1.03. The Balaban J connectivity index is 0.00000144. The van der Waals surface area contributed by atoms with Crippen LogP contribution in [0.3, 0.4) is 0 Å². The van der Waals surface area contributed by atoms with Crippen LogP contribution in [-0.2, 0) is 4.79 Å². The Morgan fingerprint density at radius 3 is 2.41 bits per heavy atom. The van der Waals surface area contributed by atoms with Crippen molar-refractivity contribution in [2.24, 2.45) is 5.41 Å². The zero-order valence-electron chi connectivity index (χ0n) is 10.6. The van der Waals surface area contributed by atoms with Crippen molar-refractivity contribution in [3.05, 3.63) is 24.3 Å². The van der Waals surface area contributed by atoms with Crippen molar-refractivity contribution in [2.75, 3.05) is 11.9 Å². The number of amides is 1. The molecule has 1 heterocycles. The number of likely N-dealkylation sites (N-methyl/N-ethyl adjacent to an activating group) is 1. The number of hydrogen-bond donors (Lipinski definition) is 0. The summed E-state index contributed by atoms with van der Waals surface area (Å²) in [4.78, 5) is 13.8. The van der Waals surface area contributed by atoms with Gasteiger partial charge in [-0.05, 0) is 12.1 Å². The number of hydrogen-bond acceptors (Lipinski definition) is 2. The number of para-hydroxylation sites is 2. The van der Waals surface area contributed by atoms with Crippen molar-refractivity contribution < 1.29 is 9.53 Å². The highest BCUT2D eigenvalue weighted by atomic mass is 79.9. The minimum atomic E-state index is -0.410. The van der Waals surface area contributed by atoms with Gasteiger partial charge >= 0.3 is 0 Å². The second-order valence-electron chi connectivity index (χ2n) is 5.23. The maximum Gasteiger partial charge on any atom is 0.268 e. The van der Waals surface area contributed by atoms with E-state index in [-0.39, 0.29) is 28.3 Å². The van der Waals surface area contributed by atoms with Crippen molar-refractivity contribution in [3.63, 3.8) is 0 Å². The van der Waals surface area contributed by atoms with Crippen LogP contribution in [0.2, 0.25) is 0 Å². The molecule has 0 N–H and O–H groups in total. The lowest BCUT2D eigenvalue weighted by Crippen LogP contribution is -2.50. The van der Waals surface area contributed by atoms with Crippen LogP contribution < -0.4 is 9.64 Å². The fraction of sp³-hybridized carbons (Fsp3) is 0.462. The highest BCUT2D eigenvalue weighted by Gasteiger charge is 2.39. The summed E-state index contributed by atoms with van der Waals surface area (Å²) in [5.41, 5.74) is 0.645. The molecular weight excluding hydrogens is 282 g/mol. The maximum atomic E-state index is 12.1. The third-order valence-electron chi connectivity index (χ3n) is 2.81. The first kappa shape index (κ1) is 14.0. The molecular formula is C13H18BrNO2. The fourth-order valence-electron chi connectivity index (χ4n) is 1.85. The smallest absolute Gasteiger partial charge is 0.268 e. The molecule has 1 aromatic rings. The zero-order valence-corrected chi connectivity index (χ0v) is 12.3. The van der Waals surface area contributed by atoms with Crippen LogP contribution in [0.25, 0.3) is 0 Å². The summed E-state index contributed by atoms with van der Waals surface area (Å²) in [7, 11) is 1.79. The minimum absolute atomic E-state index is 0. The Labute approximate surface area is 113 Å². The second kappa shape index (κ2) is 4.69. The van der Waals surface area contributed by atoms with Gasteiger partial charge in [-0.2, -0.15) is 0 Å². The molecule has 1 amide bonds. The molecule has 4 heteroatoms. The molecule has 1 aromatic carbocycles. The molecule has 1 unspecified atom stereocenters. The number of anilines is 1. The van der Waals surface area contributed by atoms with Gasteiger partial charge < -0.3 is 9.64 Å². The Morgan fingerprint density at radius 2 is 1.82 bits per heavy atom. The number of nitrogens with zero attached hydrogens (tertiary/aromatic N) is 1. The van der Waals surface area contributed by atoms with Gasteiger partial charge in [-0.3, -0.25) is 4.79 Å². The molecule has 0 bridgehead atoms. The number of rotatable bonds is 0. The summed E-state index contributed by atoms with van der Waals surface area (Å²) in [6, 6.07) is 7.62. The lowest BCUT2D eigenvalue weighted by Gasteiger charge is -2.38. The lowest BCUT2D eigenvalue weighted by atomic mass is 9.87. The van der Waals surface area contributed by atoms with Gasteiger partial charge in [-0.1, -0.05) is 32.9 Å². The highest BCUT2D eigenvalue weighted by Crippen LogP contribution is 2.37. The summed E-state index contributed by atoms with van der Waals surface area (Å²) < 4.78 is 5.79. The van der Waals surface area contributed by atoms with Crippen LogP contribution in [0.15, 0.2) is 24.3 Å². The van der Waals surface area contributed by atoms with E-state index in [9.17, 15) is 4.79 Å². The zero-order chi connectivity index (χ0) is 11.9. The standard InChI is InChI=1S/C13H17NO2.BrH/c1-13(2,3)11-12(15)14(4)9-7-5-6-8-10(9)16-11;/h5-8,11H,1-4H3;1H. The Bertz CT molecular complexity index is 426. The third kappa shape index (κ3) is 2.46. The van der Waals surface area contributed by atoms with Crippen LogP contribution in [-0.4, -0.2) is 19.1 Å². The summed E-state index contributed by atoms with van der Waals surface area (Å²) >= 11 is 0. The monoisotopic (exact) mass is 299 g/mol. The normalized spacial score (nSPS) is 19.2. The Kier molecular flexibility index (Phi) is 3.87. The average Bonchev–Trinajstić information content (AvgIpc) is 2.22. The van der Waals surface area contributed by atoms with E-state index in [1.165, 1.54) is 0 Å². The van der Waals surface area contributed by atoms with Gasteiger partial charge in [-0.25, -0.2) is 0 Å². The summed E-state index contributed by atoms with van der Waals surface area (Å²) in [5, 5.41) is 0. The van der Waals surface area contributed by atoms with Crippen LogP contribution in [0.4, 0.5) is 5.69 Å². The number of ether oxygens (including phenoxy) is 1.